The molecule has 0 atom stereocenters. The van der Waals surface area contributed by atoms with E-state index in [1.54, 1.807) is 25.1 Å². The molecule has 1 amide bonds. The zero-order valence-electron chi connectivity index (χ0n) is 11.2. The molecule has 0 aromatic heterocycles. The average Bonchev–Trinajstić information content (AvgIpc) is 2.37. The van der Waals surface area contributed by atoms with Crippen LogP contribution in [-0.4, -0.2) is 24.8 Å². The van der Waals surface area contributed by atoms with Gasteiger partial charge in [0, 0.05) is 6.92 Å². The number of ether oxygens (including phenoxy) is 1. The lowest BCUT2D eigenvalue weighted by Gasteiger charge is -2.11. The van der Waals surface area contributed by atoms with E-state index < -0.39 is 5.97 Å². The molecule has 8 heteroatoms. The van der Waals surface area contributed by atoms with Gasteiger partial charge in [-0.05, 0) is 25.1 Å². The van der Waals surface area contributed by atoms with Gasteiger partial charge in [0.25, 0.3) is 0 Å². The van der Waals surface area contributed by atoms with Crippen LogP contribution in [0.3, 0.4) is 0 Å². The molecule has 0 spiro atoms. The molecule has 110 valence electrons. The van der Waals surface area contributed by atoms with E-state index in [4.69, 9.17) is 10.6 Å². The van der Waals surface area contributed by atoms with Crippen molar-refractivity contribution in [2.75, 3.05) is 17.2 Å². The Morgan fingerprint density at radius 1 is 1.40 bits per heavy atom. The zero-order chi connectivity index (χ0) is 14.3. The number of anilines is 2. The van der Waals surface area contributed by atoms with Gasteiger partial charge in [-0.15, -0.1) is 12.4 Å². The number of rotatable bonds is 5. The van der Waals surface area contributed by atoms with Gasteiger partial charge in [-0.1, -0.05) is 0 Å². The minimum atomic E-state index is -0.440. The first-order chi connectivity index (χ1) is 9.08. The molecule has 0 radical (unpaired) electrons. The molecule has 1 aromatic carbocycles. The summed E-state index contributed by atoms with van der Waals surface area (Å²) in [7, 11) is 0. The molecule has 7 nitrogen and oxygen atoms in total. The van der Waals surface area contributed by atoms with Crippen molar-refractivity contribution in [2.24, 2.45) is 10.9 Å². The van der Waals surface area contributed by atoms with Gasteiger partial charge in [-0.25, -0.2) is 4.79 Å². The van der Waals surface area contributed by atoms with Crippen molar-refractivity contribution in [3.05, 3.63) is 23.8 Å². The quantitative estimate of drug-likeness (QED) is 0.251. The summed E-state index contributed by atoms with van der Waals surface area (Å²) < 4.78 is 4.90. The predicted molar refractivity (Wildman–Crippen MR) is 80.3 cm³/mol. The Hall–Kier alpha value is -2.28. The van der Waals surface area contributed by atoms with Crippen molar-refractivity contribution in [3.8, 4) is 0 Å². The van der Waals surface area contributed by atoms with Gasteiger partial charge in [0.1, 0.15) is 6.34 Å². The number of benzene rings is 1. The Bertz CT molecular complexity index is 505. The molecule has 0 saturated heterocycles. The second-order valence-electron chi connectivity index (χ2n) is 3.58. The maximum atomic E-state index is 11.6. The number of nitrogens with zero attached hydrogens (tertiary/aromatic N) is 1. The number of amides is 1. The third-order valence-corrected chi connectivity index (χ3v) is 2.14. The molecule has 0 aliphatic carbocycles. The number of nitrogens with two attached hydrogens (primary N) is 1. The third-order valence-electron chi connectivity index (χ3n) is 2.14. The summed E-state index contributed by atoms with van der Waals surface area (Å²) in [5.74, 6) is 4.34. The minimum absolute atomic E-state index is 0. The molecule has 0 aliphatic rings. The van der Waals surface area contributed by atoms with Crippen LogP contribution in [0.25, 0.3) is 0 Å². The molecule has 20 heavy (non-hydrogen) atoms. The lowest BCUT2D eigenvalue weighted by atomic mass is 10.1. The van der Waals surface area contributed by atoms with Crippen molar-refractivity contribution in [1.29, 1.82) is 0 Å². The normalized spacial score (nSPS) is 9.70. The van der Waals surface area contributed by atoms with Crippen LogP contribution in [0.5, 0.6) is 0 Å². The molecular formula is C12H17ClN4O3. The number of halogens is 1. The van der Waals surface area contributed by atoms with E-state index >= 15 is 0 Å². The van der Waals surface area contributed by atoms with Crippen molar-refractivity contribution in [2.45, 2.75) is 13.8 Å². The maximum absolute atomic E-state index is 11.6. The van der Waals surface area contributed by atoms with Gasteiger partial charge >= 0.3 is 5.97 Å². The van der Waals surface area contributed by atoms with Gasteiger partial charge in [-0.3, -0.25) is 4.79 Å². The Kier molecular flexibility index (Phi) is 7.76. The molecular weight excluding hydrogens is 284 g/mol. The van der Waals surface area contributed by atoms with E-state index in [0.29, 0.717) is 23.5 Å². The molecule has 1 aromatic rings. The second kappa shape index (κ2) is 8.76. The fraction of sp³-hybridized carbons (Fsp3) is 0.250. The van der Waals surface area contributed by atoms with Gasteiger partial charge in [0.15, 0.2) is 0 Å². The monoisotopic (exact) mass is 300 g/mol. The summed E-state index contributed by atoms with van der Waals surface area (Å²) in [6.07, 6.45) is 1.25. The second-order valence-corrected chi connectivity index (χ2v) is 3.58. The van der Waals surface area contributed by atoms with Crippen molar-refractivity contribution < 1.29 is 14.3 Å². The number of hydrogen-bond acceptors (Lipinski definition) is 5. The first-order valence-electron chi connectivity index (χ1n) is 5.65. The van der Waals surface area contributed by atoms with E-state index in [9.17, 15) is 9.59 Å². The van der Waals surface area contributed by atoms with Crippen LogP contribution in [0.1, 0.15) is 24.2 Å². The first-order valence-corrected chi connectivity index (χ1v) is 5.65. The highest BCUT2D eigenvalue weighted by molar-refractivity contribution is 5.98. The van der Waals surface area contributed by atoms with E-state index in [1.807, 2.05) is 0 Å². The molecule has 0 bridgehead atoms. The number of hydrazone groups is 1. The van der Waals surface area contributed by atoms with Gasteiger partial charge in [0.05, 0.1) is 23.5 Å². The number of carbonyl (C=O) groups excluding carboxylic acids is 2. The molecule has 0 fully saturated rings. The summed E-state index contributed by atoms with van der Waals surface area (Å²) in [6, 6.07) is 4.71. The van der Waals surface area contributed by atoms with E-state index in [-0.39, 0.29) is 18.3 Å². The van der Waals surface area contributed by atoms with Gasteiger partial charge in [-0.2, -0.15) is 5.10 Å². The molecule has 0 saturated carbocycles. The number of nitrogens with one attached hydrogen (secondary N) is 2. The minimum Gasteiger partial charge on any atom is -0.462 e. The largest absolute Gasteiger partial charge is 0.462 e. The Morgan fingerprint density at radius 3 is 2.65 bits per heavy atom. The fourth-order valence-electron chi connectivity index (χ4n) is 1.41. The third kappa shape index (κ3) is 5.15. The highest BCUT2D eigenvalue weighted by Crippen LogP contribution is 2.23. The highest BCUT2D eigenvalue weighted by atomic mass is 35.5. The summed E-state index contributed by atoms with van der Waals surface area (Å²) >= 11 is 0. The predicted octanol–water partition coefficient (Wildman–Crippen LogP) is 1.56. The van der Waals surface area contributed by atoms with Crippen LogP contribution in [0.4, 0.5) is 11.4 Å². The molecule has 0 unspecified atom stereocenters. The fourth-order valence-corrected chi connectivity index (χ4v) is 1.41. The number of hydrogen-bond donors (Lipinski definition) is 3. The van der Waals surface area contributed by atoms with E-state index in [1.165, 1.54) is 13.3 Å². The van der Waals surface area contributed by atoms with Crippen LogP contribution in [0.15, 0.2) is 23.3 Å². The van der Waals surface area contributed by atoms with Crippen LogP contribution < -0.4 is 16.5 Å². The standard InChI is InChI=1S/C12H16N4O3.ClH/c1-3-19-12(18)9-4-5-10(16-8(2)17)11(6-9)14-7-15-13;/h4-7H,3,13H2,1-2H3,(H,14,15)(H,16,17);1H. The average molecular weight is 301 g/mol. The topological polar surface area (TPSA) is 106 Å². The summed E-state index contributed by atoms with van der Waals surface area (Å²) in [5.41, 5.74) is 1.37. The van der Waals surface area contributed by atoms with Crippen molar-refractivity contribution >= 4 is 42.0 Å². The molecule has 1 rings (SSSR count). The van der Waals surface area contributed by atoms with Crippen LogP contribution in [0.2, 0.25) is 0 Å². The highest BCUT2D eigenvalue weighted by Gasteiger charge is 2.10. The summed E-state index contributed by atoms with van der Waals surface area (Å²) in [6.45, 7) is 3.41. The number of carbonyl (C=O) groups is 2. The Labute approximate surface area is 123 Å². The van der Waals surface area contributed by atoms with Crippen molar-refractivity contribution in [3.63, 3.8) is 0 Å². The van der Waals surface area contributed by atoms with Crippen LogP contribution >= 0.6 is 12.4 Å². The maximum Gasteiger partial charge on any atom is 0.338 e. The zero-order valence-corrected chi connectivity index (χ0v) is 12.0. The SMILES string of the molecule is CCOC(=O)c1ccc(NC(C)=O)c(NC=NN)c1.Cl. The molecule has 4 N–H and O–H groups in total. The lowest BCUT2D eigenvalue weighted by Crippen LogP contribution is -2.11. The van der Waals surface area contributed by atoms with E-state index in [0.717, 1.165) is 0 Å². The smallest absolute Gasteiger partial charge is 0.338 e. The Morgan fingerprint density at radius 2 is 2.10 bits per heavy atom. The number of esters is 1. The Balaban J connectivity index is 0.00000361. The lowest BCUT2D eigenvalue weighted by molar-refractivity contribution is -0.114. The van der Waals surface area contributed by atoms with Gasteiger partial charge < -0.3 is 21.2 Å². The van der Waals surface area contributed by atoms with E-state index in [2.05, 4.69) is 15.7 Å². The summed E-state index contributed by atoms with van der Waals surface area (Å²) in [4.78, 5) is 22.7. The van der Waals surface area contributed by atoms with Crippen molar-refractivity contribution in [1.82, 2.24) is 0 Å². The van der Waals surface area contributed by atoms with Crippen LogP contribution in [-0.2, 0) is 9.53 Å². The summed E-state index contributed by atoms with van der Waals surface area (Å²) in [5, 5.41) is 8.69. The van der Waals surface area contributed by atoms with Crippen LogP contribution in [0, 0.1) is 0 Å². The first kappa shape index (κ1) is 17.7. The van der Waals surface area contributed by atoms with Gasteiger partial charge in [0.2, 0.25) is 5.91 Å². The molecule has 0 heterocycles. The molecule has 0 aliphatic heterocycles.